The summed E-state index contributed by atoms with van der Waals surface area (Å²) < 4.78 is 22.5. The summed E-state index contributed by atoms with van der Waals surface area (Å²) in [6.45, 7) is 4.03. The van der Waals surface area contributed by atoms with Crippen molar-refractivity contribution in [2.45, 2.75) is 13.8 Å². The largest absolute Gasteiger partial charge is 0.493 e. The zero-order valence-corrected chi connectivity index (χ0v) is 19.9. The summed E-state index contributed by atoms with van der Waals surface area (Å²) in [6, 6.07) is 19.3. The minimum Gasteiger partial charge on any atom is -0.493 e. The molecule has 0 aliphatic carbocycles. The van der Waals surface area contributed by atoms with Gasteiger partial charge in [0.05, 0.1) is 21.3 Å². The van der Waals surface area contributed by atoms with Gasteiger partial charge in [-0.2, -0.15) is 0 Å². The number of hydrogen-bond acceptors (Lipinski definition) is 7. The molecule has 174 valence electrons. The molecule has 0 saturated carbocycles. The predicted molar refractivity (Wildman–Crippen MR) is 133 cm³/mol. The molecule has 4 rings (SSSR count). The first-order valence-corrected chi connectivity index (χ1v) is 10.8. The molecule has 0 unspecified atom stereocenters. The molecule has 0 saturated heterocycles. The molecule has 0 amide bonds. The van der Waals surface area contributed by atoms with E-state index in [-0.39, 0.29) is 0 Å². The summed E-state index contributed by atoms with van der Waals surface area (Å²) >= 11 is 0. The van der Waals surface area contributed by atoms with Crippen LogP contribution in [0, 0.1) is 13.8 Å². The van der Waals surface area contributed by atoms with Crippen LogP contribution in [-0.4, -0.2) is 31.3 Å². The van der Waals surface area contributed by atoms with E-state index in [0.717, 1.165) is 28.2 Å². The molecule has 4 aromatic rings. The van der Waals surface area contributed by atoms with Crippen LogP contribution in [0.5, 0.6) is 28.7 Å². The fraction of sp³-hybridized carbons (Fsp3) is 0.185. The molecule has 1 N–H and O–H groups in total. The highest BCUT2D eigenvalue weighted by atomic mass is 16.5. The topological polar surface area (TPSA) is 74.7 Å². The lowest BCUT2D eigenvalue weighted by molar-refractivity contribution is 0.324. The van der Waals surface area contributed by atoms with Crippen molar-refractivity contribution in [1.82, 2.24) is 9.97 Å². The Balaban J connectivity index is 1.63. The second-order valence-corrected chi connectivity index (χ2v) is 7.69. The van der Waals surface area contributed by atoms with Crippen LogP contribution in [-0.2, 0) is 0 Å². The maximum absolute atomic E-state index is 6.25. The molecule has 2 aromatic carbocycles. The molecule has 7 heteroatoms. The van der Waals surface area contributed by atoms with E-state index in [1.54, 1.807) is 33.6 Å². The lowest BCUT2D eigenvalue weighted by Gasteiger charge is -2.15. The number of pyridine rings is 2. The van der Waals surface area contributed by atoms with Crippen LogP contribution in [0.4, 0.5) is 11.5 Å². The number of nitrogens with one attached hydrogen (secondary N) is 1. The third-order valence-electron chi connectivity index (χ3n) is 5.19. The SMILES string of the molecule is COc1cc(Nc2cc(Oc3ccc(C)nc3-c3cccc(C)c3)ccn2)cc(OC)c1OC. The molecule has 2 heterocycles. The van der Waals surface area contributed by atoms with Crippen LogP contribution in [0.15, 0.2) is 66.9 Å². The predicted octanol–water partition coefficient (Wildman–Crippen LogP) is 6.32. The number of aryl methyl sites for hydroxylation is 2. The van der Waals surface area contributed by atoms with Gasteiger partial charge in [-0.05, 0) is 38.1 Å². The molecule has 0 bridgehead atoms. The van der Waals surface area contributed by atoms with E-state index in [4.69, 9.17) is 23.9 Å². The quantitative estimate of drug-likeness (QED) is 0.332. The van der Waals surface area contributed by atoms with E-state index in [2.05, 4.69) is 29.4 Å². The van der Waals surface area contributed by atoms with Crippen molar-refractivity contribution in [2.24, 2.45) is 0 Å². The van der Waals surface area contributed by atoms with E-state index in [1.165, 1.54) is 0 Å². The van der Waals surface area contributed by atoms with Crippen molar-refractivity contribution < 1.29 is 18.9 Å². The molecular formula is C27H27N3O4. The average molecular weight is 458 g/mol. The highest BCUT2D eigenvalue weighted by molar-refractivity contribution is 5.69. The Bertz CT molecular complexity index is 1280. The summed E-state index contributed by atoms with van der Waals surface area (Å²) in [4.78, 5) is 9.15. The van der Waals surface area contributed by atoms with Gasteiger partial charge in [-0.15, -0.1) is 0 Å². The van der Waals surface area contributed by atoms with Crippen LogP contribution in [0.3, 0.4) is 0 Å². The van der Waals surface area contributed by atoms with E-state index < -0.39 is 0 Å². The summed E-state index contributed by atoms with van der Waals surface area (Å²) in [5, 5.41) is 3.27. The Morgan fingerprint density at radius 2 is 1.53 bits per heavy atom. The highest BCUT2D eigenvalue weighted by Crippen LogP contribution is 2.41. The molecule has 0 aliphatic heterocycles. The van der Waals surface area contributed by atoms with Gasteiger partial charge in [0.1, 0.15) is 17.3 Å². The number of hydrogen-bond donors (Lipinski definition) is 1. The number of ether oxygens (including phenoxy) is 4. The monoisotopic (exact) mass is 457 g/mol. The minimum atomic E-state index is 0.524. The molecule has 2 aromatic heterocycles. The fourth-order valence-corrected chi connectivity index (χ4v) is 3.60. The Morgan fingerprint density at radius 1 is 0.765 bits per heavy atom. The van der Waals surface area contributed by atoms with Crippen molar-refractivity contribution in [3.63, 3.8) is 0 Å². The maximum Gasteiger partial charge on any atom is 0.203 e. The Kier molecular flexibility index (Phi) is 6.82. The number of anilines is 2. The fourth-order valence-electron chi connectivity index (χ4n) is 3.60. The Labute approximate surface area is 199 Å². The van der Waals surface area contributed by atoms with Gasteiger partial charge in [0.15, 0.2) is 17.2 Å². The first-order valence-electron chi connectivity index (χ1n) is 10.8. The zero-order valence-electron chi connectivity index (χ0n) is 19.9. The van der Waals surface area contributed by atoms with Gasteiger partial charge in [-0.1, -0.05) is 23.8 Å². The Hall–Kier alpha value is -4.26. The van der Waals surface area contributed by atoms with Gasteiger partial charge in [0.2, 0.25) is 5.75 Å². The van der Waals surface area contributed by atoms with Crippen LogP contribution < -0.4 is 24.3 Å². The second kappa shape index (κ2) is 10.1. The van der Waals surface area contributed by atoms with Gasteiger partial charge >= 0.3 is 0 Å². The number of benzene rings is 2. The van der Waals surface area contributed by atoms with E-state index in [0.29, 0.717) is 34.6 Å². The minimum absolute atomic E-state index is 0.524. The smallest absolute Gasteiger partial charge is 0.203 e. The summed E-state index contributed by atoms with van der Waals surface area (Å²) in [7, 11) is 4.73. The van der Waals surface area contributed by atoms with Gasteiger partial charge < -0.3 is 24.3 Å². The molecule has 0 radical (unpaired) electrons. The summed E-state index contributed by atoms with van der Waals surface area (Å²) in [5.41, 5.74) is 4.61. The van der Waals surface area contributed by atoms with Crippen molar-refractivity contribution >= 4 is 11.5 Å². The number of aromatic nitrogens is 2. The average Bonchev–Trinajstić information content (AvgIpc) is 2.84. The molecule has 0 aliphatic rings. The molecule has 0 spiro atoms. The van der Waals surface area contributed by atoms with Gasteiger partial charge in [0, 0.05) is 41.3 Å². The van der Waals surface area contributed by atoms with E-state index >= 15 is 0 Å². The molecular weight excluding hydrogens is 430 g/mol. The lowest BCUT2D eigenvalue weighted by Crippen LogP contribution is -1.99. The van der Waals surface area contributed by atoms with Crippen molar-refractivity contribution in [3.05, 3.63) is 78.1 Å². The second-order valence-electron chi connectivity index (χ2n) is 7.69. The molecule has 7 nitrogen and oxygen atoms in total. The number of rotatable bonds is 8. The van der Waals surface area contributed by atoms with Crippen LogP contribution >= 0.6 is 0 Å². The van der Waals surface area contributed by atoms with Gasteiger partial charge in [0.25, 0.3) is 0 Å². The van der Waals surface area contributed by atoms with Gasteiger partial charge in [-0.25, -0.2) is 9.97 Å². The Morgan fingerprint density at radius 3 is 2.21 bits per heavy atom. The van der Waals surface area contributed by atoms with Crippen LogP contribution in [0.1, 0.15) is 11.3 Å². The lowest BCUT2D eigenvalue weighted by atomic mass is 10.1. The van der Waals surface area contributed by atoms with Crippen molar-refractivity contribution in [2.75, 3.05) is 26.6 Å². The third-order valence-corrected chi connectivity index (χ3v) is 5.19. The number of methoxy groups -OCH3 is 3. The standard InChI is InChI=1S/C27H27N3O4/c1-17-7-6-8-19(13-17)26-22(10-9-18(2)29-26)34-21-11-12-28-25(16-21)30-20-14-23(31-3)27(33-5)24(15-20)32-4/h6-16H,1-5H3,(H,28,30). The van der Waals surface area contributed by atoms with Crippen LogP contribution in [0.2, 0.25) is 0 Å². The zero-order chi connectivity index (χ0) is 24.1. The molecule has 34 heavy (non-hydrogen) atoms. The first-order chi connectivity index (χ1) is 16.5. The van der Waals surface area contributed by atoms with Crippen LogP contribution in [0.25, 0.3) is 11.3 Å². The van der Waals surface area contributed by atoms with Crippen molar-refractivity contribution in [1.29, 1.82) is 0 Å². The molecule has 0 atom stereocenters. The summed E-state index contributed by atoms with van der Waals surface area (Å²) in [5.74, 6) is 3.52. The van der Waals surface area contributed by atoms with Gasteiger partial charge in [-0.3, -0.25) is 0 Å². The normalized spacial score (nSPS) is 10.5. The molecule has 0 fully saturated rings. The van der Waals surface area contributed by atoms with E-state index in [1.807, 2.05) is 49.4 Å². The summed E-state index contributed by atoms with van der Waals surface area (Å²) in [6.07, 6.45) is 1.68. The highest BCUT2D eigenvalue weighted by Gasteiger charge is 2.14. The third kappa shape index (κ3) is 5.04. The van der Waals surface area contributed by atoms with E-state index in [9.17, 15) is 0 Å². The number of nitrogens with zero attached hydrogens (tertiary/aromatic N) is 2. The maximum atomic E-state index is 6.25. The van der Waals surface area contributed by atoms with Crippen molar-refractivity contribution in [3.8, 4) is 40.0 Å². The first kappa shape index (κ1) is 22.9.